The molecule has 0 spiro atoms. The molecule has 0 radical (unpaired) electrons. The van der Waals surface area contributed by atoms with Crippen molar-refractivity contribution >= 4 is 29.7 Å². The average molecular weight is 570 g/mol. The molecular weight excluding hydrogens is 543 g/mol. The average Bonchev–Trinajstić information content (AvgIpc) is 2.77. The number of rotatable bonds is 8. The van der Waals surface area contributed by atoms with Crippen molar-refractivity contribution < 1.29 is 43.2 Å². The number of sulfone groups is 2. The van der Waals surface area contributed by atoms with Gasteiger partial charge in [0.2, 0.25) is 19.9 Å². The smallest absolute Gasteiger partial charge is 0.406 e. The highest BCUT2D eigenvalue weighted by molar-refractivity contribution is 7.95. The van der Waals surface area contributed by atoms with Crippen molar-refractivity contribution in [2.75, 3.05) is 6.26 Å². The molecule has 0 unspecified atom stereocenters. The molecule has 0 saturated heterocycles. The Balaban J connectivity index is 2.08. The lowest BCUT2D eigenvalue weighted by Gasteiger charge is -2.23. The van der Waals surface area contributed by atoms with E-state index in [1.54, 1.807) is 6.92 Å². The summed E-state index contributed by atoms with van der Waals surface area (Å²) in [6.45, 7) is 1.55. The molecule has 0 aromatic heterocycles. The fourth-order valence-corrected chi connectivity index (χ4v) is 8.85. The quantitative estimate of drug-likeness (QED) is 0.507. The van der Waals surface area contributed by atoms with Gasteiger partial charge in [-0.2, -0.15) is 0 Å². The van der Waals surface area contributed by atoms with E-state index in [-0.39, 0.29) is 17.7 Å². The van der Waals surface area contributed by atoms with E-state index in [1.807, 2.05) is 0 Å². The molecule has 1 atom stereocenters. The molecule has 0 heterocycles. The molecule has 0 amide bonds. The van der Waals surface area contributed by atoms with Crippen LogP contribution in [0.15, 0.2) is 57.2 Å². The normalized spacial score (nSPS) is 17.0. The summed E-state index contributed by atoms with van der Waals surface area (Å²) in [5, 5.41) is -0.924. The van der Waals surface area contributed by atoms with Crippen LogP contribution in [-0.4, -0.2) is 43.1 Å². The summed E-state index contributed by atoms with van der Waals surface area (Å²) in [5.41, 5.74) is 0.448. The maximum Gasteiger partial charge on any atom is 0.573 e. The first-order valence-corrected chi connectivity index (χ1v) is 15.9. The first-order valence-electron chi connectivity index (χ1n) is 11.0. The third-order valence-electron chi connectivity index (χ3n) is 5.82. The lowest BCUT2D eigenvalue weighted by molar-refractivity contribution is -0.274. The van der Waals surface area contributed by atoms with Crippen molar-refractivity contribution in [3.05, 3.63) is 48.0 Å². The second-order valence-corrected chi connectivity index (χ2v) is 14.5. The molecule has 1 aliphatic rings. The minimum atomic E-state index is -5.10. The molecule has 1 saturated carbocycles. The van der Waals surface area contributed by atoms with Gasteiger partial charge >= 0.3 is 6.36 Å². The topological polar surface area (TPSA) is 124 Å². The van der Waals surface area contributed by atoms with Crippen LogP contribution in [0.5, 0.6) is 5.75 Å². The zero-order valence-electron chi connectivity index (χ0n) is 19.4. The Morgan fingerprint density at radius 2 is 1.47 bits per heavy atom. The molecule has 0 aliphatic heterocycles. The van der Waals surface area contributed by atoms with Crippen LogP contribution >= 0.6 is 0 Å². The van der Waals surface area contributed by atoms with Gasteiger partial charge in [-0.3, -0.25) is 0 Å². The second kappa shape index (κ2) is 10.3. The highest BCUT2D eigenvalue weighted by Gasteiger charge is 2.37. The number of alkyl halides is 3. The third kappa shape index (κ3) is 6.78. The Hall–Kier alpha value is -2.16. The van der Waals surface area contributed by atoms with E-state index < -0.39 is 62.9 Å². The zero-order valence-corrected chi connectivity index (χ0v) is 21.9. The maximum absolute atomic E-state index is 13.5. The standard InChI is InChI=1S/C22H26F3NO7S3/c1-15(26-34(2,27)28)16-8-11-19(12-9-16)35(29,30)20-13-10-17(33-22(23,24)25)14-21(20)36(31,32)18-6-4-3-5-7-18/h8-15,18,26H,3-7H2,1-2H3/t15-/m0/s1. The molecule has 1 N–H and O–H groups in total. The van der Waals surface area contributed by atoms with E-state index in [1.165, 1.54) is 24.3 Å². The van der Waals surface area contributed by atoms with Crippen LogP contribution in [-0.2, 0) is 29.7 Å². The minimum Gasteiger partial charge on any atom is -0.406 e. The summed E-state index contributed by atoms with van der Waals surface area (Å²) in [7, 11) is -12.3. The molecule has 14 heteroatoms. The molecule has 8 nitrogen and oxygen atoms in total. The van der Waals surface area contributed by atoms with Crippen molar-refractivity contribution in [2.45, 2.75) is 71.4 Å². The molecule has 1 aliphatic carbocycles. The van der Waals surface area contributed by atoms with Crippen LogP contribution in [0.25, 0.3) is 0 Å². The predicted molar refractivity (Wildman–Crippen MR) is 125 cm³/mol. The third-order valence-corrected chi connectivity index (χ3v) is 10.9. The highest BCUT2D eigenvalue weighted by atomic mass is 32.2. The molecular formula is C22H26F3NO7S3. The first-order chi connectivity index (χ1) is 16.5. The summed E-state index contributed by atoms with van der Waals surface area (Å²) in [6, 6.07) is 6.60. The van der Waals surface area contributed by atoms with Crippen molar-refractivity contribution in [1.82, 2.24) is 4.72 Å². The van der Waals surface area contributed by atoms with Gasteiger partial charge < -0.3 is 4.74 Å². The summed E-state index contributed by atoms with van der Waals surface area (Å²) in [5.74, 6) is -0.841. The van der Waals surface area contributed by atoms with Crippen LogP contribution < -0.4 is 9.46 Å². The molecule has 200 valence electrons. The molecule has 36 heavy (non-hydrogen) atoms. The number of hydrogen-bond donors (Lipinski definition) is 1. The van der Waals surface area contributed by atoms with Gasteiger partial charge in [-0.1, -0.05) is 31.4 Å². The van der Waals surface area contributed by atoms with Gasteiger partial charge in [-0.15, -0.1) is 13.2 Å². The van der Waals surface area contributed by atoms with Crippen molar-refractivity contribution in [3.8, 4) is 5.75 Å². The summed E-state index contributed by atoms with van der Waals surface area (Å²) in [6.07, 6.45) is -1.56. The Morgan fingerprint density at radius 3 is 2.00 bits per heavy atom. The summed E-state index contributed by atoms with van der Waals surface area (Å²) in [4.78, 5) is -1.70. The van der Waals surface area contributed by atoms with Gasteiger partial charge in [0, 0.05) is 12.1 Å². The summed E-state index contributed by atoms with van der Waals surface area (Å²) >= 11 is 0. The SMILES string of the molecule is C[C@H](NS(C)(=O)=O)c1ccc(S(=O)(=O)c2ccc(OC(F)(F)F)cc2S(=O)(=O)C2CCCCC2)cc1. The van der Waals surface area contributed by atoms with Crippen LogP contribution in [0.4, 0.5) is 13.2 Å². The van der Waals surface area contributed by atoms with Crippen molar-refractivity contribution in [3.63, 3.8) is 0 Å². The largest absolute Gasteiger partial charge is 0.573 e. The Labute approximate surface area is 208 Å². The maximum atomic E-state index is 13.5. The van der Waals surface area contributed by atoms with Gasteiger partial charge in [0.05, 0.1) is 26.2 Å². The van der Waals surface area contributed by atoms with E-state index >= 15 is 0 Å². The zero-order chi connectivity index (χ0) is 26.9. The molecule has 1 fully saturated rings. The number of sulfonamides is 1. The van der Waals surface area contributed by atoms with Crippen molar-refractivity contribution in [1.29, 1.82) is 0 Å². The van der Waals surface area contributed by atoms with Gasteiger partial charge in [0.1, 0.15) is 5.75 Å². The first kappa shape index (κ1) is 28.4. The molecule has 3 rings (SSSR count). The molecule has 2 aromatic rings. The number of benzene rings is 2. The predicted octanol–water partition coefficient (Wildman–Crippen LogP) is 4.13. The Bertz CT molecular complexity index is 1410. The monoisotopic (exact) mass is 569 g/mol. The fraction of sp³-hybridized carbons (Fsp3) is 0.455. The lowest BCUT2D eigenvalue weighted by Crippen LogP contribution is -2.26. The van der Waals surface area contributed by atoms with Crippen molar-refractivity contribution in [2.24, 2.45) is 0 Å². The lowest BCUT2D eigenvalue weighted by atomic mass is 10.0. The number of nitrogens with one attached hydrogen (secondary N) is 1. The van der Waals surface area contributed by atoms with Gasteiger partial charge in [-0.05, 0) is 49.6 Å². The molecule has 2 aromatic carbocycles. The number of hydrogen-bond acceptors (Lipinski definition) is 7. The number of ether oxygens (including phenoxy) is 1. The van der Waals surface area contributed by atoms with Gasteiger partial charge in [0.25, 0.3) is 0 Å². The highest BCUT2D eigenvalue weighted by Crippen LogP contribution is 2.37. The van der Waals surface area contributed by atoms with Crippen LogP contribution in [0.3, 0.4) is 0 Å². The van der Waals surface area contributed by atoms with E-state index in [9.17, 15) is 38.4 Å². The van der Waals surface area contributed by atoms with Crippen LogP contribution in [0.1, 0.15) is 50.6 Å². The summed E-state index contributed by atoms with van der Waals surface area (Å²) < 4.78 is 121. The number of halogens is 3. The van der Waals surface area contributed by atoms with Crippen LogP contribution in [0, 0.1) is 0 Å². The van der Waals surface area contributed by atoms with E-state index in [0.29, 0.717) is 24.5 Å². The van der Waals surface area contributed by atoms with Crippen LogP contribution in [0.2, 0.25) is 0 Å². The van der Waals surface area contributed by atoms with E-state index in [4.69, 9.17) is 0 Å². The minimum absolute atomic E-state index is 0.270. The second-order valence-electron chi connectivity index (χ2n) is 8.65. The fourth-order valence-electron chi connectivity index (χ4n) is 4.14. The van der Waals surface area contributed by atoms with Gasteiger partial charge in [0.15, 0.2) is 9.84 Å². The molecule has 0 bridgehead atoms. The Kier molecular flexibility index (Phi) is 8.13. The Morgan fingerprint density at radius 1 is 0.889 bits per heavy atom. The van der Waals surface area contributed by atoms with E-state index in [0.717, 1.165) is 24.8 Å². The van der Waals surface area contributed by atoms with Gasteiger partial charge in [-0.25, -0.2) is 30.0 Å². The van der Waals surface area contributed by atoms with E-state index in [2.05, 4.69) is 9.46 Å².